The van der Waals surface area contributed by atoms with Crippen LogP contribution in [0.2, 0.25) is 19.1 Å². The van der Waals surface area contributed by atoms with Gasteiger partial charge in [-0.25, -0.2) is 0 Å². The molecule has 0 aromatic carbocycles. The van der Waals surface area contributed by atoms with Crippen molar-refractivity contribution in [1.29, 1.82) is 0 Å². The van der Waals surface area contributed by atoms with Crippen LogP contribution in [0.15, 0.2) is 17.7 Å². The molecule has 0 unspecified atom stereocenters. The zero-order valence-corrected chi connectivity index (χ0v) is 11.6. The minimum Gasteiger partial charge on any atom is -0.410 e. The van der Waals surface area contributed by atoms with Gasteiger partial charge in [-0.3, -0.25) is 0 Å². The number of hydrogen-bond acceptors (Lipinski definition) is 1. The molecule has 0 amide bonds. The molecule has 87 valence electrons. The lowest BCUT2D eigenvalue weighted by Gasteiger charge is -2.17. The van der Waals surface area contributed by atoms with Crippen LogP contribution in [0.4, 0.5) is 0 Å². The van der Waals surface area contributed by atoms with Gasteiger partial charge < -0.3 is 4.43 Å². The highest BCUT2D eigenvalue weighted by Gasteiger charge is 2.37. The fraction of sp³-hybridized carbons (Fsp3) is 0.571. The van der Waals surface area contributed by atoms with E-state index in [9.17, 15) is 0 Å². The first-order valence-electron chi connectivity index (χ1n) is 5.80. The maximum atomic E-state index is 6.13. The molecule has 0 aromatic heterocycles. The SMILES string of the molecule is C#CCC[C]=C1C[Si](C)(C)O[C@H]1CC(=C)C. The van der Waals surface area contributed by atoms with Crippen molar-refractivity contribution in [2.24, 2.45) is 0 Å². The van der Waals surface area contributed by atoms with E-state index in [-0.39, 0.29) is 6.10 Å². The number of hydrogen-bond donors (Lipinski definition) is 0. The zero-order chi connectivity index (χ0) is 12.2. The summed E-state index contributed by atoms with van der Waals surface area (Å²) in [6.07, 6.45) is 11.4. The fourth-order valence-corrected chi connectivity index (χ4v) is 4.37. The first kappa shape index (κ1) is 13.3. The zero-order valence-electron chi connectivity index (χ0n) is 10.6. The van der Waals surface area contributed by atoms with Gasteiger partial charge in [0, 0.05) is 6.42 Å². The first-order valence-corrected chi connectivity index (χ1v) is 8.91. The van der Waals surface area contributed by atoms with Crippen molar-refractivity contribution >= 4 is 8.32 Å². The summed E-state index contributed by atoms with van der Waals surface area (Å²) in [5.41, 5.74) is 2.50. The van der Waals surface area contributed by atoms with Crippen molar-refractivity contribution in [3.8, 4) is 12.3 Å². The summed E-state index contributed by atoms with van der Waals surface area (Å²) in [6.45, 7) is 10.5. The van der Waals surface area contributed by atoms with Crippen molar-refractivity contribution in [2.45, 2.75) is 51.4 Å². The van der Waals surface area contributed by atoms with Gasteiger partial charge in [0.05, 0.1) is 6.10 Å². The number of terminal acetylenes is 1. The summed E-state index contributed by atoms with van der Waals surface area (Å²) >= 11 is 0. The molecule has 1 fully saturated rings. The third-order valence-electron chi connectivity index (χ3n) is 2.62. The lowest BCUT2D eigenvalue weighted by molar-refractivity contribution is 0.254. The largest absolute Gasteiger partial charge is 0.410 e. The quantitative estimate of drug-likeness (QED) is 0.311. The van der Waals surface area contributed by atoms with E-state index in [0.717, 1.165) is 25.3 Å². The molecule has 0 bridgehead atoms. The summed E-state index contributed by atoms with van der Waals surface area (Å²) < 4.78 is 6.13. The van der Waals surface area contributed by atoms with Crippen LogP contribution in [0.3, 0.4) is 0 Å². The Morgan fingerprint density at radius 2 is 2.25 bits per heavy atom. The minimum atomic E-state index is -1.49. The average molecular weight is 233 g/mol. The monoisotopic (exact) mass is 233 g/mol. The van der Waals surface area contributed by atoms with Gasteiger partial charge in [-0.15, -0.1) is 18.9 Å². The Morgan fingerprint density at radius 3 is 2.81 bits per heavy atom. The van der Waals surface area contributed by atoms with Crippen molar-refractivity contribution in [3.63, 3.8) is 0 Å². The van der Waals surface area contributed by atoms with Gasteiger partial charge >= 0.3 is 0 Å². The van der Waals surface area contributed by atoms with Gasteiger partial charge in [0.15, 0.2) is 8.32 Å². The molecule has 0 aliphatic carbocycles. The molecular weight excluding hydrogens is 212 g/mol. The minimum absolute atomic E-state index is 0.219. The fourth-order valence-electron chi connectivity index (χ4n) is 2.02. The van der Waals surface area contributed by atoms with Crippen LogP contribution in [0, 0.1) is 18.4 Å². The molecule has 0 aromatic rings. The highest BCUT2D eigenvalue weighted by Crippen LogP contribution is 2.35. The van der Waals surface area contributed by atoms with Gasteiger partial charge in [0.1, 0.15) is 0 Å². The van der Waals surface area contributed by atoms with E-state index in [1.165, 1.54) is 11.1 Å². The maximum absolute atomic E-state index is 6.13. The molecule has 1 aliphatic heterocycles. The van der Waals surface area contributed by atoms with Crippen molar-refractivity contribution < 1.29 is 4.43 Å². The molecule has 0 spiro atoms. The molecule has 1 heterocycles. The summed E-state index contributed by atoms with van der Waals surface area (Å²) in [5.74, 6) is 2.65. The van der Waals surface area contributed by atoms with E-state index in [1.54, 1.807) is 0 Å². The molecule has 1 saturated heterocycles. The second-order valence-electron chi connectivity index (χ2n) is 5.11. The van der Waals surface area contributed by atoms with Crippen molar-refractivity contribution in [2.75, 3.05) is 0 Å². The Bertz CT molecular complexity index is 333. The topological polar surface area (TPSA) is 9.23 Å². The molecular formula is C14H21OSi. The molecule has 16 heavy (non-hydrogen) atoms. The van der Waals surface area contributed by atoms with Crippen molar-refractivity contribution in [1.82, 2.24) is 0 Å². The Kier molecular flexibility index (Phi) is 4.58. The van der Waals surface area contributed by atoms with Gasteiger partial charge in [-0.2, -0.15) is 0 Å². The second-order valence-corrected chi connectivity index (χ2v) is 9.22. The van der Waals surface area contributed by atoms with Gasteiger partial charge in [-0.1, -0.05) is 5.57 Å². The lowest BCUT2D eigenvalue weighted by Crippen LogP contribution is -2.25. The van der Waals surface area contributed by atoms with Gasteiger partial charge in [0.2, 0.25) is 0 Å². The van der Waals surface area contributed by atoms with Crippen LogP contribution in [-0.4, -0.2) is 14.4 Å². The van der Waals surface area contributed by atoms with Crippen LogP contribution in [0.5, 0.6) is 0 Å². The highest BCUT2D eigenvalue weighted by molar-refractivity contribution is 6.72. The Hall–Kier alpha value is -0.783. The number of rotatable bonds is 4. The summed E-state index contributed by atoms with van der Waals surface area (Å²) in [7, 11) is -1.49. The second kappa shape index (κ2) is 5.52. The van der Waals surface area contributed by atoms with E-state index >= 15 is 0 Å². The summed E-state index contributed by atoms with van der Waals surface area (Å²) in [6, 6.07) is 1.09. The third kappa shape index (κ3) is 4.00. The standard InChI is InChI=1S/C14H21OSi/c1-6-7-8-9-13-11-16(4,5)15-14(13)10-12(2)3/h1,14H,2,7-8,10-11H2,3-5H3/t14-/m0/s1. The van der Waals surface area contributed by atoms with E-state index < -0.39 is 8.32 Å². The van der Waals surface area contributed by atoms with Crippen LogP contribution in [-0.2, 0) is 4.43 Å². The number of unbranched alkanes of at least 4 members (excludes halogenated alkanes) is 1. The third-order valence-corrected chi connectivity index (χ3v) is 4.78. The molecule has 2 heteroatoms. The molecule has 0 saturated carbocycles. The van der Waals surface area contributed by atoms with Crippen LogP contribution in [0.25, 0.3) is 0 Å². The predicted molar refractivity (Wildman–Crippen MR) is 71.4 cm³/mol. The smallest absolute Gasteiger partial charge is 0.191 e. The Labute approximate surface area is 101 Å². The highest BCUT2D eigenvalue weighted by atomic mass is 28.4. The average Bonchev–Trinajstić information content (AvgIpc) is 2.40. The Balaban J connectivity index is 2.68. The molecule has 1 nitrogen and oxygen atoms in total. The van der Waals surface area contributed by atoms with E-state index in [1.807, 2.05) is 0 Å². The first-order chi connectivity index (χ1) is 7.44. The van der Waals surface area contributed by atoms with Crippen LogP contribution in [0.1, 0.15) is 26.2 Å². The molecule has 1 aliphatic rings. The molecule has 1 radical (unpaired) electrons. The number of allylic oxidation sites excluding steroid dienone is 1. The predicted octanol–water partition coefficient (Wildman–Crippen LogP) is 3.70. The molecule has 0 N–H and O–H groups in total. The maximum Gasteiger partial charge on any atom is 0.191 e. The molecule has 1 rings (SSSR count). The van der Waals surface area contributed by atoms with Crippen LogP contribution >= 0.6 is 0 Å². The normalized spacial score (nSPS) is 25.6. The van der Waals surface area contributed by atoms with Gasteiger partial charge in [-0.05, 0) is 50.6 Å². The Morgan fingerprint density at radius 1 is 1.56 bits per heavy atom. The lowest BCUT2D eigenvalue weighted by atomic mass is 10.0. The van der Waals surface area contributed by atoms with E-state index in [2.05, 4.69) is 38.6 Å². The summed E-state index contributed by atoms with van der Waals surface area (Å²) in [4.78, 5) is 0. The van der Waals surface area contributed by atoms with E-state index in [0.29, 0.717) is 0 Å². The summed E-state index contributed by atoms with van der Waals surface area (Å²) in [5, 5.41) is 0. The molecule has 1 atom stereocenters. The van der Waals surface area contributed by atoms with Gasteiger partial charge in [0.25, 0.3) is 0 Å². The van der Waals surface area contributed by atoms with Crippen LogP contribution < -0.4 is 0 Å². The van der Waals surface area contributed by atoms with E-state index in [4.69, 9.17) is 10.8 Å². The van der Waals surface area contributed by atoms with Crippen molar-refractivity contribution in [3.05, 3.63) is 23.8 Å².